The van der Waals surface area contributed by atoms with Crippen molar-refractivity contribution >= 4 is 17.6 Å². The third-order valence-corrected chi connectivity index (χ3v) is 2.91. The molecule has 14 heavy (non-hydrogen) atoms. The zero-order valence-corrected chi connectivity index (χ0v) is 9.00. The molecule has 0 saturated carbocycles. The summed E-state index contributed by atoms with van der Waals surface area (Å²) in [7, 11) is 0. The Morgan fingerprint density at radius 2 is 2.50 bits per heavy atom. The number of thioether (sulfide) groups is 1. The molecule has 1 aromatic rings. The Morgan fingerprint density at radius 3 is 3.14 bits per heavy atom. The van der Waals surface area contributed by atoms with E-state index in [-0.39, 0.29) is 0 Å². The van der Waals surface area contributed by atoms with E-state index < -0.39 is 0 Å². The van der Waals surface area contributed by atoms with Crippen molar-refractivity contribution in [3.05, 3.63) is 12.3 Å². The summed E-state index contributed by atoms with van der Waals surface area (Å²) < 4.78 is 0. The smallest absolute Gasteiger partial charge is 0.189 e. The molecule has 1 aromatic heterocycles. The van der Waals surface area contributed by atoms with Crippen LogP contribution in [0.4, 0.5) is 5.82 Å². The van der Waals surface area contributed by atoms with Crippen LogP contribution in [0.15, 0.2) is 17.4 Å². The van der Waals surface area contributed by atoms with Gasteiger partial charge in [0.2, 0.25) is 0 Å². The van der Waals surface area contributed by atoms with E-state index in [0.29, 0.717) is 6.04 Å². The predicted octanol–water partition coefficient (Wildman–Crippen LogP) is 0.736. The zero-order chi connectivity index (χ0) is 9.97. The average Bonchev–Trinajstić information content (AvgIpc) is 2.65. The lowest BCUT2D eigenvalue weighted by Gasteiger charge is -2.16. The number of hydrogen-bond acceptors (Lipinski definition) is 5. The van der Waals surface area contributed by atoms with Gasteiger partial charge in [-0.1, -0.05) is 11.8 Å². The van der Waals surface area contributed by atoms with E-state index in [1.165, 1.54) is 0 Å². The standard InChI is InChI=1S/C9H14N4S/c1-14-9-11-4-2-8(12-9)13-5-3-7(10)6-13/h2,4,7H,3,5-6,10H2,1H3/t7-/m1/s1. The molecule has 76 valence electrons. The van der Waals surface area contributed by atoms with Crippen molar-refractivity contribution in [3.63, 3.8) is 0 Å². The molecular weight excluding hydrogens is 196 g/mol. The minimum absolute atomic E-state index is 0.294. The van der Waals surface area contributed by atoms with E-state index >= 15 is 0 Å². The monoisotopic (exact) mass is 210 g/mol. The van der Waals surface area contributed by atoms with Crippen molar-refractivity contribution in [1.82, 2.24) is 9.97 Å². The zero-order valence-electron chi connectivity index (χ0n) is 8.18. The summed E-state index contributed by atoms with van der Waals surface area (Å²) in [4.78, 5) is 10.8. The van der Waals surface area contributed by atoms with Crippen LogP contribution in [-0.4, -0.2) is 35.4 Å². The van der Waals surface area contributed by atoms with E-state index in [4.69, 9.17) is 5.73 Å². The van der Waals surface area contributed by atoms with Gasteiger partial charge in [-0.3, -0.25) is 0 Å². The minimum atomic E-state index is 0.294. The van der Waals surface area contributed by atoms with Gasteiger partial charge < -0.3 is 10.6 Å². The minimum Gasteiger partial charge on any atom is -0.355 e. The van der Waals surface area contributed by atoms with Crippen LogP contribution in [0.5, 0.6) is 0 Å². The molecule has 2 N–H and O–H groups in total. The molecule has 2 heterocycles. The largest absolute Gasteiger partial charge is 0.355 e. The van der Waals surface area contributed by atoms with Gasteiger partial charge in [0.1, 0.15) is 5.82 Å². The second-order valence-electron chi connectivity index (χ2n) is 3.40. The lowest BCUT2D eigenvalue weighted by atomic mass is 10.3. The highest BCUT2D eigenvalue weighted by Gasteiger charge is 2.20. The van der Waals surface area contributed by atoms with E-state index in [9.17, 15) is 0 Å². The van der Waals surface area contributed by atoms with Gasteiger partial charge in [-0.2, -0.15) is 0 Å². The lowest BCUT2D eigenvalue weighted by Crippen LogP contribution is -2.26. The van der Waals surface area contributed by atoms with Gasteiger partial charge >= 0.3 is 0 Å². The van der Waals surface area contributed by atoms with Crippen molar-refractivity contribution in [1.29, 1.82) is 0 Å². The summed E-state index contributed by atoms with van der Waals surface area (Å²) >= 11 is 1.56. The summed E-state index contributed by atoms with van der Waals surface area (Å²) in [6, 6.07) is 2.24. The highest BCUT2D eigenvalue weighted by Crippen LogP contribution is 2.18. The molecule has 2 rings (SSSR count). The van der Waals surface area contributed by atoms with Gasteiger partial charge in [-0.15, -0.1) is 0 Å². The topological polar surface area (TPSA) is 55.0 Å². The van der Waals surface area contributed by atoms with Gasteiger partial charge in [0.25, 0.3) is 0 Å². The van der Waals surface area contributed by atoms with Crippen LogP contribution in [0.2, 0.25) is 0 Å². The Bertz CT molecular complexity index is 317. The Morgan fingerprint density at radius 1 is 1.64 bits per heavy atom. The van der Waals surface area contributed by atoms with Gasteiger partial charge in [0, 0.05) is 25.3 Å². The molecule has 0 radical (unpaired) electrons. The van der Waals surface area contributed by atoms with E-state index in [1.807, 2.05) is 12.3 Å². The molecular formula is C9H14N4S. The molecule has 0 aromatic carbocycles. The second kappa shape index (κ2) is 4.14. The summed E-state index contributed by atoms with van der Waals surface area (Å²) in [6.45, 7) is 1.91. The number of rotatable bonds is 2. The maximum absolute atomic E-state index is 5.84. The number of aromatic nitrogens is 2. The fourth-order valence-electron chi connectivity index (χ4n) is 1.60. The Balaban J connectivity index is 2.15. The summed E-state index contributed by atoms with van der Waals surface area (Å²) in [5.74, 6) is 0.998. The first kappa shape index (κ1) is 9.73. The molecule has 0 amide bonds. The average molecular weight is 210 g/mol. The highest BCUT2D eigenvalue weighted by molar-refractivity contribution is 7.98. The van der Waals surface area contributed by atoms with Crippen LogP contribution in [0.25, 0.3) is 0 Å². The van der Waals surface area contributed by atoms with Gasteiger partial charge in [-0.05, 0) is 18.7 Å². The lowest BCUT2D eigenvalue weighted by molar-refractivity contribution is 0.750. The SMILES string of the molecule is CSc1nccc(N2CC[C@@H](N)C2)n1. The third-order valence-electron chi connectivity index (χ3n) is 2.35. The molecule has 1 atom stereocenters. The van der Waals surface area contributed by atoms with Crippen molar-refractivity contribution in [2.24, 2.45) is 5.73 Å². The number of nitrogens with zero attached hydrogens (tertiary/aromatic N) is 3. The molecule has 1 aliphatic heterocycles. The van der Waals surface area contributed by atoms with Crippen LogP contribution < -0.4 is 10.6 Å². The maximum Gasteiger partial charge on any atom is 0.189 e. The second-order valence-corrected chi connectivity index (χ2v) is 4.17. The molecule has 0 bridgehead atoms. The van der Waals surface area contributed by atoms with Crippen LogP contribution in [0, 0.1) is 0 Å². The number of hydrogen-bond donors (Lipinski definition) is 1. The van der Waals surface area contributed by atoms with Gasteiger partial charge in [0.05, 0.1) is 0 Å². The first-order valence-electron chi connectivity index (χ1n) is 4.67. The number of anilines is 1. The quantitative estimate of drug-likeness (QED) is 0.576. The van der Waals surface area contributed by atoms with Crippen molar-refractivity contribution in [2.45, 2.75) is 17.6 Å². The molecule has 5 heteroatoms. The van der Waals surface area contributed by atoms with E-state index in [1.54, 1.807) is 18.0 Å². The van der Waals surface area contributed by atoms with Gasteiger partial charge in [-0.25, -0.2) is 9.97 Å². The first-order valence-corrected chi connectivity index (χ1v) is 5.89. The third kappa shape index (κ3) is 1.99. The Labute approximate surface area is 87.9 Å². The summed E-state index contributed by atoms with van der Waals surface area (Å²) in [5.41, 5.74) is 5.84. The molecule has 1 aliphatic rings. The van der Waals surface area contributed by atoms with E-state index in [2.05, 4.69) is 14.9 Å². The molecule has 1 fully saturated rings. The fourth-order valence-corrected chi connectivity index (χ4v) is 1.95. The van der Waals surface area contributed by atoms with Crippen molar-refractivity contribution < 1.29 is 0 Å². The highest BCUT2D eigenvalue weighted by atomic mass is 32.2. The molecule has 0 spiro atoms. The normalized spacial score (nSPS) is 21.6. The molecule has 0 aliphatic carbocycles. The van der Waals surface area contributed by atoms with Gasteiger partial charge in [0.15, 0.2) is 5.16 Å². The van der Waals surface area contributed by atoms with Crippen LogP contribution >= 0.6 is 11.8 Å². The van der Waals surface area contributed by atoms with Crippen LogP contribution in [0.3, 0.4) is 0 Å². The molecule has 0 unspecified atom stereocenters. The maximum atomic E-state index is 5.84. The Hall–Kier alpha value is -0.810. The van der Waals surface area contributed by atoms with Crippen LogP contribution in [0.1, 0.15) is 6.42 Å². The summed E-state index contributed by atoms with van der Waals surface area (Å²) in [5, 5.41) is 0.822. The fraction of sp³-hybridized carbons (Fsp3) is 0.556. The summed E-state index contributed by atoms with van der Waals surface area (Å²) in [6.07, 6.45) is 4.84. The predicted molar refractivity (Wildman–Crippen MR) is 58.6 cm³/mol. The molecule has 1 saturated heterocycles. The molecule has 4 nitrogen and oxygen atoms in total. The van der Waals surface area contributed by atoms with Crippen molar-refractivity contribution in [3.8, 4) is 0 Å². The number of nitrogens with two attached hydrogens (primary N) is 1. The van der Waals surface area contributed by atoms with E-state index in [0.717, 1.165) is 30.5 Å². The Kier molecular flexibility index (Phi) is 2.88. The first-order chi connectivity index (χ1) is 6.79. The van der Waals surface area contributed by atoms with Crippen molar-refractivity contribution in [2.75, 3.05) is 24.2 Å². The van der Waals surface area contributed by atoms with Crippen LogP contribution in [-0.2, 0) is 0 Å².